The Labute approximate surface area is 162 Å². The molecule has 0 saturated carbocycles. The van der Waals surface area contributed by atoms with Crippen LogP contribution in [0.4, 0.5) is 17.1 Å². The van der Waals surface area contributed by atoms with Gasteiger partial charge in [-0.15, -0.1) is 0 Å². The van der Waals surface area contributed by atoms with Crippen LogP contribution in [0.2, 0.25) is 0 Å². The fourth-order valence-corrected chi connectivity index (χ4v) is 2.95. The minimum atomic E-state index is -0.418. The molecule has 0 saturated heterocycles. The van der Waals surface area contributed by atoms with Crippen LogP contribution in [0.5, 0.6) is 0 Å². The number of non-ortho nitro benzene ring substituents is 2. The molecule has 3 rings (SSSR count). The number of benzene rings is 3. The standard InChI is InChI=1S/C21H19N3O4/c1-16-3-2-4-21(13-16)22(14-17-5-9-19(10-6-17)23(25)26)15-18-7-11-20(12-8-18)24(27)28/h2-13H,14-15H2,1H3. The highest BCUT2D eigenvalue weighted by atomic mass is 16.6. The van der Waals surface area contributed by atoms with E-state index < -0.39 is 9.85 Å². The Morgan fingerprint density at radius 3 is 1.61 bits per heavy atom. The molecule has 0 aliphatic carbocycles. The third kappa shape index (κ3) is 4.70. The monoisotopic (exact) mass is 377 g/mol. The zero-order valence-electron chi connectivity index (χ0n) is 15.3. The first kappa shape index (κ1) is 19.0. The van der Waals surface area contributed by atoms with Crippen LogP contribution in [0.3, 0.4) is 0 Å². The molecule has 3 aromatic rings. The molecule has 7 heteroatoms. The Morgan fingerprint density at radius 1 is 0.750 bits per heavy atom. The van der Waals surface area contributed by atoms with Crippen LogP contribution in [0.1, 0.15) is 16.7 Å². The molecule has 0 fully saturated rings. The van der Waals surface area contributed by atoms with E-state index in [1.54, 1.807) is 24.3 Å². The predicted octanol–water partition coefficient (Wildman–Crippen LogP) is 5.02. The van der Waals surface area contributed by atoms with Crippen molar-refractivity contribution in [3.05, 3.63) is 110 Å². The molecule has 0 N–H and O–H groups in total. The van der Waals surface area contributed by atoms with Gasteiger partial charge in [0.25, 0.3) is 11.4 Å². The summed E-state index contributed by atoms with van der Waals surface area (Å²) >= 11 is 0. The van der Waals surface area contributed by atoms with Crippen LogP contribution < -0.4 is 4.90 Å². The molecule has 0 atom stereocenters. The van der Waals surface area contributed by atoms with E-state index in [0.29, 0.717) is 13.1 Å². The summed E-state index contributed by atoms with van der Waals surface area (Å²) in [6.07, 6.45) is 0. The van der Waals surface area contributed by atoms with Gasteiger partial charge in [-0.05, 0) is 35.7 Å². The lowest BCUT2D eigenvalue weighted by Crippen LogP contribution is -2.22. The highest BCUT2D eigenvalue weighted by molar-refractivity contribution is 5.50. The van der Waals surface area contributed by atoms with Crippen molar-refractivity contribution < 1.29 is 9.85 Å². The number of nitrogens with zero attached hydrogens (tertiary/aromatic N) is 3. The van der Waals surface area contributed by atoms with E-state index in [1.807, 2.05) is 25.1 Å². The summed E-state index contributed by atoms with van der Waals surface area (Å²) in [6.45, 7) is 3.12. The van der Waals surface area contributed by atoms with E-state index in [4.69, 9.17) is 0 Å². The number of nitro groups is 2. The van der Waals surface area contributed by atoms with E-state index in [2.05, 4.69) is 11.0 Å². The smallest absolute Gasteiger partial charge is 0.269 e. The van der Waals surface area contributed by atoms with Gasteiger partial charge in [-0.2, -0.15) is 0 Å². The second kappa shape index (κ2) is 8.30. The summed E-state index contributed by atoms with van der Waals surface area (Å²) < 4.78 is 0. The highest BCUT2D eigenvalue weighted by Crippen LogP contribution is 2.23. The Hall–Kier alpha value is -3.74. The van der Waals surface area contributed by atoms with Crippen LogP contribution in [-0.4, -0.2) is 9.85 Å². The molecule has 142 valence electrons. The van der Waals surface area contributed by atoms with Crippen molar-refractivity contribution in [2.45, 2.75) is 20.0 Å². The lowest BCUT2D eigenvalue weighted by molar-refractivity contribution is -0.385. The van der Waals surface area contributed by atoms with Crippen molar-refractivity contribution in [3.8, 4) is 0 Å². The van der Waals surface area contributed by atoms with Crippen molar-refractivity contribution in [1.82, 2.24) is 0 Å². The van der Waals surface area contributed by atoms with Gasteiger partial charge in [0.1, 0.15) is 0 Å². The molecule has 7 nitrogen and oxygen atoms in total. The summed E-state index contributed by atoms with van der Waals surface area (Å²) in [5.74, 6) is 0. The zero-order chi connectivity index (χ0) is 20.1. The van der Waals surface area contributed by atoms with Crippen LogP contribution in [0, 0.1) is 27.2 Å². The summed E-state index contributed by atoms with van der Waals surface area (Å²) in [6, 6.07) is 21.0. The first-order valence-corrected chi connectivity index (χ1v) is 8.70. The van der Waals surface area contributed by atoms with Crippen LogP contribution in [-0.2, 0) is 13.1 Å². The van der Waals surface area contributed by atoms with E-state index in [-0.39, 0.29) is 11.4 Å². The summed E-state index contributed by atoms with van der Waals surface area (Å²) in [5.41, 5.74) is 4.12. The summed E-state index contributed by atoms with van der Waals surface area (Å²) in [4.78, 5) is 23.0. The number of nitro benzene ring substituents is 2. The molecule has 0 bridgehead atoms. The van der Waals surface area contributed by atoms with Crippen LogP contribution in [0.15, 0.2) is 72.8 Å². The fourth-order valence-electron chi connectivity index (χ4n) is 2.95. The molecule has 0 radical (unpaired) electrons. The topological polar surface area (TPSA) is 89.5 Å². The average Bonchev–Trinajstić information content (AvgIpc) is 2.68. The van der Waals surface area contributed by atoms with Crippen molar-refractivity contribution >= 4 is 17.1 Å². The van der Waals surface area contributed by atoms with Gasteiger partial charge >= 0.3 is 0 Å². The molecule has 28 heavy (non-hydrogen) atoms. The number of anilines is 1. The first-order chi connectivity index (χ1) is 13.4. The van der Waals surface area contributed by atoms with Crippen LogP contribution >= 0.6 is 0 Å². The maximum Gasteiger partial charge on any atom is 0.269 e. The third-order valence-electron chi connectivity index (χ3n) is 4.41. The molecule has 0 aliphatic rings. The van der Waals surface area contributed by atoms with Gasteiger partial charge in [0.15, 0.2) is 0 Å². The minimum Gasteiger partial charge on any atom is -0.363 e. The minimum absolute atomic E-state index is 0.0567. The van der Waals surface area contributed by atoms with Crippen molar-refractivity contribution in [1.29, 1.82) is 0 Å². The van der Waals surface area contributed by atoms with Crippen molar-refractivity contribution in [3.63, 3.8) is 0 Å². The van der Waals surface area contributed by atoms with Gasteiger partial charge in [-0.25, -0.2) is 0 Å². The molecule has 3 aromatic carbocycles. The van der Waals surface area contributed by atoms with Gasteiger partial charge in [0.2, 0.25) is 0 Å². The number of hydrogen-bond acceptors (Lipinski definition) is 5. The molecular weight excluding hydrogens is 358 g/mol. The molecule has 0 aromatic heterocycles. The Morgan fingerprint density at radius 2 is 1.21 bits per heavy atom. The number of aryl methyl sites for hydroxylation is 1. The van der Waals surface area contributed by atoms with Gasteiger partial charge < -0.3 is 4.90 Å². The molecule has 0 aliphatic heterocycles. The molecule has 0 unspecified atom stereocenters. The molecule has 0 amide bonds. The molecular formula is C21H19N3O4. The second-order valence-corrected chi connectivity index (χ2v) is 6.54. The van der Waals surface area contributed by atoms with E-state index in [0.717, 1.165) is 22.4 Å². The van der Waals surface area contributed by atoms with E-state index in [9.17, 15) is 20.2 Å². The lowest BCUT2D eigenvalue weighted by atomic mass is 10.1. The molecule has 0 spiro atoms. The van der Waals surface area contributed by atoms with Crippen molar-refractivity contribution in [2.24, 2.45) is 0 Å². The number of rotatable bonds is 7. The second-order valence-electron chi connectivity index (χ2n) is 6.54. The maximum absolute atomic E-state index is 10.9. The van der Waals surface area contributed by atoms with E-state index >= 15 is 0 Å². The Kier molecular flexibility index (Phi) is 5.64. The normalized spacial score (nSPS) is 10.5. The van der Waals surface area contributed by atoms with Crippen LogP contribution in [0.25, 0.3) is 0 Å². The van der Waals surface area contributed by atoms with Gasteiger partial charge in [-0.3, -0.25) is 20.2 Å². The third-order valence-corrected chi connectivity index (χ3v) is 4.41. The van der Waals surface area contributed by atoms with Gasteiger partial charge in [-0.1, -0.05) is 36.4 Å². The summed E-state index contributed by atoms with van der Waals surface area (Å²) in [7, 11) is 0. The van der Waals surface area contributed by atoms with Gasteiger partial charge in [0.05, 0.1) is 9.85 Å². The number of hydrogen-bond donors (Lipinski definition) is 0. The predicted molar refractivity (Wildman–Crippen MR) is 107 cm³/mol. The Bertz CT molecular complexity index is 926. The fraction of sp³-hybridized carbons (Fsp3) is 0.143. The average molecular weight is 377 g/mol. The van der Waals surface area contributed by atoms with Gasteiger partial charge in [0, 0.05) is 43.0 Å². The zero-order valence-corrected chi connectivity index (χ0v) is 15.3. The highest BCUT2D eigenvalue weighted by Gasteiger charge is 2.12. The molecule has 0 heterocycles. The van der Waals surface area contributed by atoms with E-state index in [1.165, 1.54) is 24.3 Å². The lowest BCUT2D eigenvalue weighted by Gasteiger charge is -2.25. The quantitative estimate of drug-likeness (QED) is 0.426. The Balaban J connectivity index is 1.86. The SMILES string of the molecule is Cc1cccc(N(Cc2ccc([N+](=O)[O-])cc2)Cc2ccc([N+](=O)[O-])cc2)c1. The largest absolute Gasteiger partial charge is 0.363 e. The summed E-state index contributed by atoms with van der Waals surface area (Å²) in [5, 5.41) is 21.7. The first-order valence-electron chi connectivity index (χ1n) is 8.70. The van der Waals surface area contributed by atoms with Crippen molar-refractivity contribution in [2.75, 3.05) is 4.90 Å². The maximum atomic E-state index is 10.9.